The maximum Gasteiger partial charge on any atom is 0.243 e. The van der Waals surface area contributed by atoms with E-state index < -0.39 is 10.0 Å². The largest absolute Gasteiger partial charge is 0.243 e. The zero-order valence-corrected chi connectivity index (χ0v) is 18.6. The Morgan fingerprint density at radius 1 is 0.933 bits per heavy atom. The van der Waals surface area contributed by atoms with Crippen LogP contribution < -0.4 is 0 Å². The summed E-state index contributed by atoms with van der Waals surface area (Å²) in [6, 6.07) is 17.8. The summed E-state index contributed by atoms with van der Waals surface area (Å²) in [5.41, 5.74) is 3.41. The Morgan fingerprint density at radius 3 is 2.40 bits per heavy atom. The highest BCUT2D eigenvalue weighted by Gasteiger charge is 2.30. The highest BCUT2D eigenvalue weighted by atomic mass is 32.2. The number of fused-ring (bicyclic) bond motifs is 1. The highest BCUT2D eigenvalue weighted by molar-refractivity contribution is 7.89. The first-order valence-corrected chi connectivity index (χ1v) is 13.0. The van der Waals surface area contributed by atoms with Gasteiger partial charge < -0.3 is 0 Å². The molecule has 0 amide bonds. The fourth-order valence-electron chi connectivity index (χ4n) is 4.58. The van der Waals surface area contributed by atoms with E-state index in [1.54, 1.807) is 27.8 Å². The Bertz CT molecular complexity index is 1120. The van der Waals surface area contributed by atoms with Gasteiger partial charge in [0.25, 0.3) is 0 Å². The zero-order chi connectivity index (χ0) is 20.6. The lowest BCUT2D eigenvalue weighted by atomic mass is 9.84. The molecule has 2 aliphatic rings. The van der Waals surface area contributed by atoms with Gasteiger partial charge in [0.2, 0.25) is 10.0 Å². The van der Waals surface area contributed by atoms with Crippen LogP contribution in [0, 0.1) is 0 Å². The molecule has 0 atom stereocenters. The van der Waals surface area contributed by atoms with Gasteiger partial charge in [-0.25, -0.2) is 13.4 Å². The Balaban J connectivity index is 1.35. The fourth-order valence-corrected chi connectivity index (χ4v) is 7.20. The van der Waals surface area contributed by atoms with Crippen LogP contribution in [0.15, 0.2) is 59.5 Å². The zero-order valence-electron chi connectivity index (χ0n) is 17.0. The molecule has 0 spiro atoms. The lowest BCUT2D eigenvalue weighted by Gasteiger charge is -2.26. The molecule has 1 fully saturated rings. The van der Waals surface area contributed by atoms with Gasteiger partial charge in [-0.2, -0.15) is 4.31 Å². The van der Waals surface area contributed by atoms with Crippen LogP contribution in [0.25, 0.3) is 10.6 Å². The number of nitrogens with zero attached hydrogens (tertiary/aromatic N) is 2. The van der Waals surface area contributed by atoms with Gasteiger partial charge >= 0.3 is 0 Å². The Morgan fingerprint density at radius 2 is 1.67 bits per heavy atom. The van der Waals surface area contributed by atoms with E-state index in [1.165, 1.54) is 37.7 Å². The third kappa shape index (κ3) is 3.84. The van der Waals surface area contributed by atoms with Crippen molar-refractivity contribution >= 4 is 21.4 Å². The van der Waals surface area contributed by atoms with Crippen LogP contribution in [-0.2, 0) is 23.0 Å². The Kier molecular flexibility index (Phi) is 5.48. The molecule has 1 aliphatic carbocycles. The van der Waals surface area contributed by atoms with Crippen molar-refractivity contribution in [1.29, 1.82) is 0 Å². The molecule has 6 heteroatoms. The second kappa shape index (κ2) is 8.25. The van der Waals surface area contributed by atoms with Gasteiger partial charge in [0, 0.05) is 23.4 Å². The molecule has 2 aromatic carbocycles. The van der Waals surface area contributed by atoms with E-state index in [4.69, 9.17) is 4.98 Å². The van der Waals surface area contributed by atoms with E-state index in [0.717, 1.165) is 21.1 Å². The topological polar surface area (TPSA) is 50.3 Å². The fraction of sp³-hybridized carbons (Fsp3) is 0.375. The average molecular weight is 439 g/mol. The average Bonchev–Trinajstić information content (AvgIpc) is 3.24. The molecule has 1 saturated carbocycles. The molecule has 0 saturated heterocycles. The van der Waals surface area contributed by atoms with Gasteiger partial charge in [0.15, 0.2) is 0 Å². The minimum absolute atomic E-state index is 0.401. The second-order valence-corrected chi connectivity index (χ2v) is 11.3. The van der Waals surface area contributed by atoms with Crippen LogP contribution >= 0.6 is 11.3 Å². The van der Waals surface area contributed by atoms with E-state index in [0.29, 0.717) is 30.3 Å². The number of rotatable bonds is 4. The smallest absolute Gasteiger partial charge is 0.241 e. The van der Waals surface area contributed by atoms with Gasteiger partial charge in [-0.05, 0) is 36.5 Å². The van der Waals surface area contributed by atoms with E-state index in [2.05, 4.69) is 0 Å². The van der Waals surface area contributed by atoms with E-state index >= 15 is 0 Å². The van der Waals surface area contributed by atoms with Gasteiger partial charge in [-0.15, -0.1) is 11.3 Å². The minimum atomic E-state index is -3.50. The number of thiazole rings is 1. The van der Waals surface area contributed by atoms with Gasteiger partial charge in [-0.3, -0.25) is 0 Å². The van der Waals surface area contributed by atoms with Crippen molar-refractivity contribution < 1.29 is 8.42 Å². The first-order valence-electron chi connectivity index (χ1n) is 10.8. The first-order chi connectivity index (χ1) is 14.6. The van der Waals surface area contributed by atoms with Crippen molar-refractivity contribution in [2.24, 2.45) is 0 Å². The molecule has 1 aliphatic heterocycles. The quantitative estimate of drug-likeness (QED) is 0.532. The molecular weight excluding hydrogens is 412 g/mol. The Hall–Kier alpha value is -2.02. The van der Waals surface area contributed by atoms with E-state index in [9.17, 15) is 8.42 Å². The molecule has 0 radical (unpaired) electrons. The molecule has 3 aromatic rings. The summed E-state index contributed by atoms with van der Waals surface area (Å²) in [4.78, 5) is 6.23. The van der Waals surface area contributed by atoms with Crippen molar-refractivity contribution in [3.8, 4) is 10.6 Å². The lowest BCUT2D eigenvalue weighted by Crippen LogP contribution is -2.35. The van der Waals surface area contributed by atoms with Crippen LogP contribution in [0.1, 0.15) is 54.2 Å². The maximum atomic E-state index is 13.3. The number of hydrogen-bond acceptors (Lipinski definition) is 4. The maximum absolute atomic E-state index is 13.3. The minimum Gasteiger partial charge on any atom is -0.241 e. The predicted molar refractivity (Wildman–Crippen MR) is 121 cm³/mol. The molecule has 5 rings (SSSR count). The summed E-state index contributed by atoms with van der Waals surface area (Å²) in [6.07, 6.45) is 6.98. The van der Waals surface area contributed by atoms with Crippen molar-refractivity contribution in [1.82, 2.24) is 9.29 Å². The summed E-state index contributed by atoms with van der Waals surface area (Å²) in [5.74, 6) is 0.585. The molecule has 0 N–H and O–H groups in total. The number of hydrogen-bond donors (Lipinski definition) is 0. The standard InChI is InChI=1S/C24H26N2O2S2/c27-30(28,21-13-11-19(12-14-21)18-7-3-1-4-8-18)26-16-15-22-23(17-26)29-24(25-22)20-9-5-2-6-10-20/h2,5-6,9-14,18H,1,3-4,7-8,15-17H2. The van der Waals surface area contributed by atoms with E-state index in [1.807, 2.05) is 42.5 Å². The third-order valence-corrected chi connectivity index (χ3v) is 9.30. The van der Waals surface area contributed by atoms with Gasteiger partial charge in [0.1, 0.15) is 5.01 Å². The highest BCUT2D eigenvalue weighted by Crippen LogP contribution is 2.35. The molecular formula is C24H26N2O2S2. The molecule has 2 heterocycles. The van der Waals surface area contributed by atoms with Crippen LogP contribution in [0.4, 0.5) is 0 Å². The van der Waals surface area contributed by atoms with Crippen molar-refractivity contribution in [3.63, 3.8) is 0 Å². The molecule has 156 valence electrons. The molecule has 0 bridgehead atoms. The van der Waals surface area contributed by atoms with Crippen molar-refractivity contribution in [2.75, 3.05) is 6.54 Å². The van der Waals surface area contributed by atoms with Gasteiger partial charge in [-0.1, -0.05) is 61.7 Å². The van der Waals surface area contributed by atoms with Crippen LogP contribution in [0.5, 0.6) is 0 Å². The summed E-state index contributed by atoms with van der Waals surface area (Å²) in [5, 5.41) is 0.969. The summed E-state index contributed by atoms with van der Waals surface area (Å²) < 4.78 is 28.2. The molecule has 4 nitrogen and oxygen atoms in total. The summed E-state index contributed by atoms with van der Waals surface area (Å²) in [7, 11) is -3.50. The summed E-state index contributed by atoms with van der Waals surface area (Å²) >= 11 is 1.61. The number of sulfonamides is 1. The SMILES string of the molecule is O=S(=O)(c1ccc(C2CCCCC2)cc1)N1CCc2nc(-c3ccccc3)sc2C1. The van der Waals surface area contributed by atoms with Crippen LogP contribution in [-0.4, -0.2) is 24.3 Å². The molecule has 30 heavy (non-hydrogen) atoms. The predicted octanol–water partition coefficient (Wildman–Crippen LogP) is 5.60. The number of benzene rings is 2. The number of aromatic nitrogens is 1. The Labute approximate surface area is 182 Å². The van der Waals surface area contributed by atoms with E-state index in [-0.39, 0.29) is 0 Å². The third-order valence-electron chi connectivity index (χ3n) is 6.31. The van der Waals surface area contributed by atoms with Gasteiger partial charge in [0.05, 0.1) is 17.1 Å². The molecule has 0 unspecified atom stereocenters. The summed E-state index contributed by atoms with van der Waals surface area (Å²) in [6.45, 7) is 0.893. The molecule has 1 aromatic heterocycles. The second-order valence-electron chi connectivity index (χ2n) is 8.25. The monoisotopic (exact) mass is 438 g/mol. The first kappa shape index (κ1) is 19.9. The van der Waals surface area contributed by atoms with Crippen molar-refractivity contribution in [2.45, 2.75) is 55.9 Å². The van der Waals surface area contributed by atoms with Crippen molar-refractivity contribution in [3.05, 3.63) is 70.7 Å². The lowest BCUT2D eigenvalue weighted by molar-refractivity contribution is 0.393. The van der Waals surface area contributed by atoms with Crippen LogP contribution in [0.2, 0.25) is 0 Å². The van der Waals surface area contributed by atoms with Crippen LogP contribution in [0.3, 0.4) is 0 Å². The normalized spacial score (nSPS) is 18.3.